The van der Waals surface area contributed by atoms with Gasteiger partial charge < -0.3 is 15.2 Å². The van der Waals surface area contributed by atoms with Crippen molar-refractivity contribution >= 4 is 22.7 Å². The normalized spacial score (nSPS) is 17.9. The zero-order chi connectivity index (χ0) is 15.7. The maximum Gasteiger partial charge on any atom is 0.227 e. The van der Waals surface area contributed by atoms with Crippen molar-refractivity contribution < 1.29 is 14.0 Å². The molecule has 5 nitrogen and oxygen atoms in total. The number of fused-ring (bicyclic) bond motifs is 1. The Balaban J connectivity index is 1.67. The van der Waals surface area contributed by atoms with Gasteiger partial charge >= 0.3 is 0 Å². The lowest BCUT2D eigenvalue weighted by Crippen LogP contribution is -2.37. The molecule has 1 fully saturated rings. The van der Waals surface area contributed by atoms with Crippen LogP contribution in [0, 0.1) is 5.82 Å². The number of carbonyl (C=O) groups is 2. The highest BCUT2D eigenvalue weighted by Gasteiger charge is 2.26. The number of aromatic nitrogens is 1. The van der Waals surface area contributed by atoms with Crippen LogP contribution in [-0.2, 0) is 16.0 Å². The fraction of sp³-hybridized carbons (Fsp3) is 0.375. The van der Waals surface area contributed by atoms with Gasteiger partial charge in [0.2, 0.25) is 11.8 Å². The van der Waals surface area contributed by atoms with E-state index in [2.05, 4.69) is 10.3 Å². The minimum absolute atomic E-state index is 0.0260. The van der Waals surface area contributed by atoms with Crippen LogP contribution >= 0.6 is 0 Å². The average molecular weight is 303 g/mol. The van der Waals surface area contributed by atoms with Crippen LogP contribution < -0.4 is 5.32 Å². The van der Waals surface area contributed by atoms with Gasteiger partial charge in [-0.15, -0.1) is 0 Å². The summed E-state index contributed by atoms with van der Waals surface area (Å²) in [5.41, 5.74) is 1.56. The van der Waals surface area contributed by atoms with E-state index < -0.39 is 0 Å². The number of rotatable bonds is 3. The highest BCUT2D eigenvalue weighted by atomic mass is 19.1. The van der Waals surface area contributed by atoms with Gasteiger partial charge in [-0.05, 0) is 30.2 Å². The Hall–Kier alpha value is -2.37. The summed E-state index contributed by atoms with van der Waals surface area (Å²) in [6, 6.07) is 4.55. The largest absolute Gasteiger partial charge is 0.361 e. The Labute approximate surface area is 127 Å². The van der Waals surface area contributed by atoms with Crippen molar-refractivity contribution in [1.29, 1.82) is 0 Å². The van der Waals surface area contributed by atoms with Gasteiger partial charge in [-0.1, -0.05) is 0 Å². The molecule has 3 rings (SSSR count). The van der Waals surface area contributed by atoms with E-state index in [-0.39, 0.29) is 30.1 Å². The van der Waals surface area contributed by atoms with Crippen LogP contribution in [0.5, 0.6) is 0 Å². The van der Waals surface area contributed by atoms with Gasteiger partial charge in [0.15, 0.2) is 0 Å². The van der Waals surface area contributed by atoms with Crippen molar-refractivity contribution in [2.75, 3.05) is 13.1 Å². The number of nitrogens with one attached hydrogen (secondary N) is 2. The monoisotopic (exact) mass is 303 g/mol. The van der Waals surface area contributed by atoms with Gasteiger partial charge in [0.25, 0.3) is 0 Å². The van der Waals surface area contributed by atoms with Crippen LogP contribution in [0.3, 0.4) is 0 Å². The lowest BCUT2D eigenvalue weighted by molar-refractivity contribution is -0.129. The van der Waals surface area contributed by atoms with Crippen molar-refractivity contribution in [3.63, 3.8) is 0 Å². The topological polar surface area (TPSA) is 65.2 Å². The summed E-state index contributed by atoms with van der Waals surface area (Å²) in [6.45, 7) is 2.69. The first-order valence-electron chi connectivity index (χ1n) is 7.33. The quantitative estimate of drug-likeness (QED) is 0.904. The number of H-pyrrole nitrogens is 1. The Kier molecular flexibility index (Phi) is 3.83. The van der Waals surface area contributed by atoms with E-state index in [9.17, 15) is 14.0 Å². The van der Waals surface area contributed by atoms with E-state index in [0.717, 1.165) is 17.4 Å². The van der Waals surface area contributed by atoms with Crippen molar-refractivity contribution in [3.8, 4) is 0 Å². The molecule has 2 aromatic rings. The molecular weight excluding hydrogens is 285 g/mol. The molecule has 0 spiro atoms. The molecule has 1 aliphatic heterocycles. The molecule has 1 aliphatic rings. The van der Waals surface area contributed by atoms with E-state index in [1.54, 1.807) is 17.2 Å². The zero-order valence-corrected chi connectivity index (χ0v) is 12.4. The standard InChI is InChI=1S/C16H18FN3O2/c1-10(21)19-13-4-5-20(9-13)16(22)6-11-8-18-15-7-12(17)2-3-14(11)15/h2-3,7-8,13,18H,4-6,9H2,1H3,(H,19,21). The lowest BCUT2D eigenvalue weighted by Gasteiger charge is -2.16. The summed E-state index contributed by atoms with van der Waals surface area (Å²) in [4.78, 5) is 28.2. The molecule has 1 aromatic carbocycles. The third-order valence-corrected chi connectivity index (χ3v) is 4.02. The summed E-state index contributed by atoms with van der Waals surface area (Å²) < 4.78 is 13.2. The molecule has 6 heteroatoms. The molecule has 1 unspecified atom stereocenters. The number of aromatic amines is 1. The first-order chi connectivity index (χ1) is 10.5. The van der Waals surface area contributed by atoms with E-state index in [0.29, 0.717) is 18.6 Å². The molecule has 116 valence electrons. The molecule has 2 N–H and O–H groups in total. The van der Waals surface area contributed by atoms with E-state index in [1.807, 2.05) is 0 Å². The van der Waals surface area contributed by atoms with Gasteiger partial charge in [0.1, 0.15) is 5.82 Å². The minimum atomic E-state index is -0.301. The molecule has 2 amide bonds. The molecule has 1 atom stereocenters. The lowest BCUT2D eigenvalue weighted by atomic mass is 10.1. The van der Waals surface area contributed by atoms with Crippen LogP contribution in [0.1, 0.15) is 18.9 Å². The molecule has 0 aliphatic carbocycles. The molecule has 0 saturated carbocycles. The van der Waals surface area contributed by atoms with Crippen LogP contribution in [-0.4, -0.2) is 40.8 Å². The van der Waals surface area contributed by atoms with Gasteiger partial charge in [-0.3, -0.25) is 9.59 Å². The van der Waals surface area contributed by atoms with E-state index >= 15 is 0 Å². The van der Waals surface area contributed by atoms with Gasteiger partial charge in [-0.2, -0.15) is 0 Å². The second kappa shape index (κ2) is 5.79. The molecule has 0 bridgehead atoms. The molecular formula is C16H18FN3O2. The van der Waals surface area contributed by atoms with E-state index in [4.69, 9.17) is 0 Å². The average Bonchev–Trinajstić information content (AvgIpc) is 3.05. The maximum absolute atomic E-state index is 13.2. The first-order valence-corrected chi connectivity index (χ1v) is 7.33. The Bertz CT molecular complexity index is 725. The number of likely N-dealkylation sites (tertiary alicyclic amines) is 1. The molecule has 0 radical (unpaired) electrons. The van der Waals surface area contributed by atoms with Gasteiger partial charge in [0, 0.05) is 43.2 Å². The van der Waals surface area contributed by atoms with Crippen molar-refractivity contribution in [3.05, 3.63) is 35.8 Å². The predicted octanol–water partition coefficient (Wildman–Crippen LogP) is 1.59. The van der Waals surface area contributed by atoms with Gasteiger partial charge in [-0.25, -0.2) is 4.39 Å². The minimum Gasteiger partial charge on any atom is -0.361 e. The number of amides is 2. The van der Waals surface area contributed by atoms with Gasteiger partial charge in [0.05, 0.1) is 6.42 Å². The van der Waals surface area contributed by atoms with Crippen molar-refractivity contribution in [2.45, 2.75) is 25.8 Å². The molecule has 2 heterocycles. The maximum atomic E-state index is 13.2. The van der Waals surface area contributed by atoms with Crippen LogP contribution in [0.15, 0.2) is 24.4 Å². The Morgan fingerprint density at radius 3 is 3.05 bits per heavy atom. The number of benzene rings is 1. The summed E-state index contributed by atoms with van der Waals surface area (Å²) in [6.07, 6.45) is 2.81. The first kappa shape index (κ1) is 14.6. The Morgan fingerprint density at radius 1 is 1.45 bits per heavy atom. The fourth-order valence-corrected chi connectivity index (χ4v) is 2.97. The SMILES string of the molecule is CC(=O)NC1CCN(C(=O)Cc2c[nH]c3cc(F)ccc23)C1. The number of nitrogens with zero attached hydrogens (tertiary/aromatic N) is 1. The van der Waals surface area contributed by atoms with Crippen molar-refractivity contribution in [1.82, 2.24) is 15.2 Å². The van der Waals surface area contributed by atoms with Crippen LogP contribution in [0.25, 0.3) is 10.9 Å². The highest BCUT2D eigenvalue weighted by Crippen LogP contribution is 2.21. The number of hydrogen-bond donors (Lipinski definition) is 2. The number of halogens is 1. The van der Waals surface area contributed by atoms with Crippen LogP contribution in [0.2, 0.25) is 0 Å². The molecule has 1 aromatic heterocycles. The van der Waals surface area contributed by atoms with Crippen molar-refractivity contribution in [2.24, 2.45) is 0 Å². The molecule has 22 heavy (non-hydrogen) atoms. The third kappa shape index (κ3) is 2.95. The number of hydrogen-bond acceptors (Lipinski definition) is 2. The van der Waals surface area contributed by atoms with E-state index in [1.165, 1.54) is 19.1 Å². The second-order valence-corrected chi connectivity index (χ2v) is 5.71. The second-order valence-electron chi connectivity index (χ2n) is 5.71. The summed E-state index contributed by atoms with van der Waals surface area (Å²) >= 11 is 0. The number of carbonyl (C=O) groups excluding carboxylic acids is 2. The smallest absolute Gasteiger partial charge is 0.227 e. The third-order valence-electron chi connectivity index (χ3n) is 4.02. The summed E-state index contributed by atoms with van der Waals surface area (Å²) in [5.74, 6) is -0.346. The van der Waals surface area contributed by atoms with Crippen LogP contribution in [0.4, 0.5) is 4.39 Å². The summed E-state index contributed by atoms with van der Waals surface area (Å²) in [7, 11) is 0. The zero-order valence-electron chi connectivity index (χ0n) is 12.4. The fourth-order valence-electron chi connectivity index (χ4n) is 2.97. The molecule has 1 saturated heterocycles. The predicted molar refractivity (Wildman–Crippen MR) is 80.8 cm³/mol. The summed E-state index contributed by atoms with van der Waals surface area (Å²) in [5, 5.41) is 3.71. The Morgan fingerprint density at radius 2 is 2.27 bits per heavy atom. The highest BCUT2D eigenvalue weighted by molar-refractivity contribution is 5.89.